The van der Waals surface area contributed by atoms with Gasteiger partial charge in [-0.15, -0.1) is 0 Å². The fourth-order valence-electron chi connectivity index (χ4n) is 9.12. The number of rotatable bonds is 3. The molecule has 12 aromatic rings. The van der Waals surface area contributed by atoms with Crippen LogP contribution in [0.25, 0.3) is 120 Å². The molecule has 0 aliphatic carbocycles. The van der Waals surface area contributed by atoms with Crippen LogP contribution in [0.15, 0.2) is 191 Å². The van der Waals surface area contributed by atoms with Gasteiger partial charge in [-0.1, -0.05) is 158 Å². The molecule has 2 heterocycles. The van der Waals surface area contributed by atoms with Gasteiger partial charge in [-0.3, -0.25) is 0 Å². The lowest BCUT2D eigenvalue weighted by molar-refractivity contribution is 0.663. The summed E-state index contributed by atoms with van der Waals surface area (Å²) in [6, 6.07) is 65.5. The Morgan fingerprint density at radius 1 is 0.278 bits per heavy atom. The van der Waals surface area contributed by atoms with Gasteiger partial charge < -0.3 is 8.83 Å². The number of fused-ring (bicyclic) bond motifs is 12. The fourth-order valence-corrected chi connectivity index (χ4v) is 9.12. The average Bonchev–Trinajstić information content (AvgIpc) is 3.81. The molecule has 2 heteroatoms. The molecule has 0 aliphatic heterocycles. The van der Waals surface area contributed by atoms with Crippen molar-refractivity contribution in [1.29, 1.82) is 0 Å². The second-order valence-electron chi connectivity index (χ2n) is 14.3. The van der Waals surface area contributed by atoms with Crippen LogP contribution in [0.1, 0.15) is 0 Å². The highest BCUT2D eigenvalue weighted by atomic mass is 16.3. The van der Waals surface area contributed by atoms with Crippen LogP contribution >= 0.6 is 0 Å². The van der Waals surface area contributed by atoms with E-state index in [1.807, 2.05) is 6.07 Å². The summed E-state index contributed by atoms with van der Waals surface area (Å²) >= 11 is 0. The third-order valence-corrected chi connectivity index (χ3v) is 11.4. The number of benzene rings is 10. The van der Waals surface area contributed by atoms with Crippen LogP contribution in [0.5, 0.6) is 0 Å². The minimum atomic E-state index is 0.841. The molecule has 250 valence electrons. The minimum absolute atomic E-state index is 0.841. The van der Waals surface area contributed by atoms with Crippen molar-refractivity contribution in [3.63, 3.8) is 0 Å². The number of para-hydroxylation sites is 1. The van der Waals surface area contributed by atoms with Gasteiger partial charge in [-0.05, 0) is 89.6 Å². The van der Waals surface area contributed by atoms with Gasteiger partial charge in [-0.2, -0.15) is 0 Å². The topological polar surface area (TPSA) is 26.3 Å². The third kappa shape index (κ3) is 4.11. The highest BCUT2D eigenvalue weighted by molar-refractivity contribution is 6.32. The van der Waals surface area contributed by atoms with Crippen molar-refractivity contribution in [3.05, 3.63) is 182 Å². The van der Waals surface area contributed by atoms with Gasteiger partial charge >= 0.3 is 0 Å². The van der Waals surface area contributed by atoms with Gasteiger partial charge in [-0.25, -0.2) is 0 Å². The number of hydrogen-bond acceptors (Lipinski definition) is 2. The molecule has 12 rings (SSSR count). The lowest BCUT2D eigenvalue weighted by atomic mass is 9.84. The molecule has 0 fully saturated rings. The fraction of sp³-hybridized carbons (Fsp3) is 0. The predicted octanol–water partition coefficient (Wildman–Crippen LogP) is 15.1. The highest BCUT2D eigenvalue weighted by Gasteiger charge is 2.25. The summed E-state index contributed by atoms with van der Waals surface area (Å²) in [6.45, 7) is 0. The van der Waals surface area contributed by atoms with E-state index >= 15 is 0 Å². The molecule has 0 amide bonds. The van der Waals surface area contributed by atoms with E-state index in [1.165, 1.54) is 65.3 Å². The van der Waals surface area contributed by atoms with Crippen LogP contribution in [0.3, 0.4) is 0 Å². The first-order chi connectivity index (χ1) is 26.8. The van der Waals surface area contributed by atoms with Gasteiger partial charge in [0.15, 0.2) is 0 Å². The largest absolute Gasteiger partial charge is 0.455 e. The Morgan fingerprint density at radius 2 is 0.833 bits per heavy atom. The van der Waals surface area contributed by atoms with Gasteiger partial charge in [0, 0.05) is 27.3 Å². The maximum absolute atomic E-state index is 6.88. The van der Waals surface area contributed by atoms with Crippen molar-refractivity contribution in [2.24, 2.45) is 0 Å². The quantitative estimate of drug-likeness (QED) is 0.173. The summed E-state index contributed by atoms with van der Waals surface area (Å²) < 4.78 is 13.7. The molecular formula is C52H30O2. The maximum Gasteiger partial charge on any atom is 0.147 e. The first-order valence-electron chi connectivity index (χ1n) is 18.5. The SMILES string of the molecule is c1cc(-c2cccc3ccccc23)cc(-c2c3ccccc3c(-c3cc4c(oc5ccc6ccccc6c54)c4c3oc3ccccc34)c3ccccc23)c1. The Hall–Kier alpha value is -7.16. The molecule has 2 nitrogen and oxygen atoms in total. The van der Waals surface area contributed by atoms with E-state index in [1.54, 1.807) is 0 Å². The Kier molecular flexibility index (Phi) is 6.09. The zero-order chi connectivity index (χ0) is 35.3. The Morgan fingerprint density at radius 3 is 1.59 bits per heavy atom. The summed E-state index contributed by atoms with van der Waals surface area (Å²) in [5, 5.41) is 13.9. The molecule has 0 spiro atoms. The van der Waals surface area contributed by atoms with Crippen molar-refractivity contribution in [2.45, 2.75) is 0 Å². The number of hydrogen-bond donors (Lipinski definition) is 0. The normalized spacial score (nSPS) is 12.1. The van der Waals surface area contributed by atoms with Crippen LogP contribution < -0.4 is 0 Å². The molecular weight excluding hydrogens is 657 g/mol. The van der Waals surface area contributed by atoms with Crippen LogP contribution in [0.4, 0.5) is 0 Å². The molecule has 54 heavy (non-hydrogen) atoms. The second-order valence-corrected chi connectivity index (χ2v) is 14.3. The van der Waals surface area contributed by atoms with Gasteiger partial charge in [0.1, 0.15) is 22.3 Å². The van der Waals surface area contributed by atoms with E-state index in [0.717, 1.165) is 55.0 Å². The summed E-state index contributed by atoms with van der Waals surface area (Å²) in [5.41, 5.74) is 10.5. The molecule has 0 N–H and O–H groups in total. The lowest BCUT2D eigenvalue weighted by Gasteiger charge is -2.18. The van der Waals surface area contributed by atoms with E-state index in [-0.39, 0.29) is 0 Å². The number of furan rings is 2. The van der Waals surface area contributed by atoms with Gasteiger partial charge in [0.2, 0.25) is 0 Å². The average molecular weight is 687 g/mol. The first kappa shape index (κ1) is 29.4. The monoisotopic (exact) mass is 686 g/mol. The van der Waals surface area contributed by atoms with Crippen molar-refractivity contribution in [1.82, 2.24) is 0 Å². The van der Waals surface area contributed by atoms with E-state index in [0.29, 0.717) is 0 Å². The molecule has 0 atom stereocenters. The minimum Gasteiger partial charge on any atom is -0.455 e. The van der Waals surface area contributed by atoms with Crippen molar-refractivity contribution in [3.8, 4) is 33.4 Å². The van der Waals surface area contributed by atoms with Crippen molar-refractivity contribution in [2.75, 3.05) is 0 Å². The van der Waals surface area contributed by atoms with Crippen LogP contribution in [0, 0.1) is 0 Å². The van der Waals surface area contributed by atoms with Crippen molar-refractivity contribution >= 4 is 87.0 Å². The van der Waals surface area contributed by atoms with Gasteiger partial charge in [0.25, 0.3) is 0 Å². The Balaban J connectivity index is 1.21. The summed E-state index contributed by atoms with van der Waals surface area (Å²) in [7, 11) is 0. The van der Waals surface area contributed by atoms with Gasteiger partial charge in [0.05, 0.1) is 5.39 Å². The lowest BCUT2D eigenvalue weighted by Crippen LogP contribution is -1.92. The highest BCUT2D eigenvalue weighted by Crippen LogP contribution is 2.50. The van der Waals surface area contributed by atoms with Crippen LogP contribution in [-0.4, -0.2) is 0 Å². The predicted molar refractivity (Wildman–Crippen MR) is 227 cm³/mol. The zero-order valence-electron chi connectivity index (χ0n) is 29.1. The van der Waals surface area contributed by atoms with E-state index in [2.05, 4.69) is 176 Å². The second kappa shape index (κ2) is 11.2. The van der Waals surface area contributed by atoms with E-state index < -0.39 is 0 Å². The smallest absolute Gasteiger partial charge is 0.147 e. The maximum atomic E-state index is 6.88. The van der Waals surface area contributed by atoms with Crippen LogP contribution in [-0.2, 0) is 0 Å². The molecule has 0 saturated carbocycles. The third-order valence-electron chi connectivity index (χ3n) is 11.4. The molecule has 0 saturated heterocycles. The summed E-state index contributed by atoms with van der Waals surface area (Å²) in [5.74, 6) is 0. The van der Waals surface area contributed by atoms with Crippen molar-refractivity contribution < 1.29 is 8.83 Å². The zero-order valence-corrected chi connectivity index (χ0v) is 29.1. The molecule has 0 unspecified atom stereocenters. The van der Waals surface area contributed by atoms with E-state index in [9.17, 15) is 0 Å². The molecule has 0 aliphatic rings. The standard InChI is InChI=1S/C52H30O2/c1-3-18-35-31(13-1)15-12-25-36(35)33-16-11-17-34(29-33)47-38-20-5-7-22-40(38)48(41-23-8-6-21-39(41)47)43-30-44-49-37-19-4-2-14-32(37)27-28-46(49)54-52(44)50-42-24-9-10-26-45(42)53-51(43)50/h1-30H. The summed E-state index contributed by atoms with van der Waals surface area (Å²) in [4.78, 5) is 0. The Bertz CT molecular complexity index is 3440. The van der Waals surface area contributed by atoms with Crippen LogP contribution in [0.2, 0.25) is 0 Å². The Labute approximate surface area is 310 Å². The molecule has 10 aromatic carbocycles. The first-order valence-corrected chi connectivity index (χ1v) is 18.5. The molecule has 2 aromatic heterocycles. The molecule has 0 bridgehead atoms. The molecule has 0 radical (unpaired) electrons. The van der Waals surface area contributed by atoms with E-state index in [4.69, 9.17) is 8.83 Å². The summed E-state index contributed by atoms with van der Waals surface area (Å²) in [6.07, 6.45) is 0.